The first-order valence-corrected chi connectivity index (χ1v) is 13.6. The van der Waals surface area contributed by atoms with Gasteiger partial charge in [0.1, 0.15) is 18.3 Å². The van der Waals surface area contributed by atoms with Gasteiger partial charge in [0.25, 0.3) is 0 Å². The number of carbonyl (C=O) groups excluding carboxylic acids is 1. The molecule has 0 bridgehead atoms. The van der Waals surface area contributed by atoms with Crippen LogP contribution in [0.3, 0.4) is 0 Å². The van der Waals surface area contributed by atoms with Gasteiger partial charge >= 0.3 is 0 Å². The lowest BCUT2D eigenvalue weighted by Crippen LogP contribution is -2.51. The summed E-state index contributed by atoms with van der Waals surface area (Å²) in [6, 6.07) is 39.7. The summed E-state index contributed by atoms with van der Waals surface area (Å²) >= 11 is 0. The van der Waals surface area contributed by atoms with Gasteiger partial charge in [0.05, 0.1) is 33.0 Å². The first-order chi connectivity index (χ1) is 19.8. The monoisotopic (exact) mass is 534 g/mol. The van der Waals surface area contributed by atoms with E-state index in [1.807, 2.05) is 121 Å². The van der Waals surface area contributed by atoms with Crippen LogP contribution in [0.5, 0.6) is 0 Å². The third kappa shape index (κ3) is 7.84. The third-order valence-electron chi connectivity index (χ3n) is 6.78. The molecule has 4 aromatic rings. The Morgan fingerprint density at radius 3 is 1.32 bits per heavy atom. The van der Waals surface area contributed by atoms with E-state index in [1.165, 1.54) is 0 Å². The zero-order valence-electron chi connectivity index (χ0n) is 22.4. The molecule has 0 spiro atoms. The number of rotatable bonds is 13. The van der Waals surface area contributed by atoms with Crippen molar-refractivity contribution in [3.8, 4) is 0 Å². The minimum absolute atomic E-state index is 0.146. The molecule has 5 heteroatoms. The van der Waals surface area contributed by atoms with Crippen molar-refractivity contribution in [3.63, 3.8) is 0 Å². The molecule has 0 heterocycles. The highest BCUT2D eigenvalue weighted by atomic mass is 16.6. The third-order valence-corrected chi connectivity index (χ3v) is 6.78. The van der Waals surface area contributed by atoms with E-state index in [4.69, 9.17) is 18.9 Å². The SMILES string of the molecule is O=C1C=C(COCc2ccccc2)C(OCc2ccccc2)C(OCc2ccccc2)C1OCc1ccccc1. The Labute approximate surface area is 236 Å². The number of hydrogen-bond donors (Lipinski definition) is 0. The second-order valence-electron chi connectivity index (χ2n) is 9.80. The maximum absolute atomic E-state index is 13.5. The summed E-state index contributed by atoms with van der Waals surface area (Å²) in [6.45, 7) is 1.67. The maximum Gasteiger partial charge on any atom is 0.187 e. The normalized spacial score (nSPS) is 18.9. The van der Waals surface area contributed by atoms with Crippen molar-refractivity contribution in [3.05, 3.63) is 155 Å². The average Bonchev–Trinajstić information content (AvgIpc) is 3.01. The van der Waals surface area contributed by atoms with Gasteiger partial charge in [0, 0.05) is 0 Å². The van der Waals surface area contributed by atoms with Crippen LogP contribution >= 0.6 is 0 Å². The van der Waals surface area contributed by atoms with Crippen molar-refractivity contribution >= 4 is 5.78 Å². The largest absolute Gasteiger partial charge is 0.372 e. The second-order valence-corrected chi connectivity index (χ2v) is 9.80. The number of hydrogen-bond acceptors (Lipinski definition) is 5. The molecule has 0 amide bonds. The minimum Gasteiger partial charge on any atom is -0.372 e. The van der Waals surface area contributed by atoms with E-state index in [9.17, 15) is 4.79 Å². The zero-order chi connectivity index (χ0) is 27.4. The lowest BCUT2D eigenvalue weighted by atomic mass is 9.90. The molecular formula is C35H34O5. The van der Waals surface area contributed by atoms with Crippen molar-refractivity contribution < 1.29 is 23.7 Å². The summed E-state index contributed by atoms with van der Waals surface area (Å²) in [5, 5.41) is 0. The fourth-order valence-electron chi connectivity index (χ4n) is 4.70. The molecule has 1 aliphatic carbocycles. The van der Waals surface area contributed by atoms with E-state index in [-0.39, 0.29) is 12.4 Å². The van der Waals surface area contributed by atoms with E-state index in [0.29, 0.717) is 26.4 Å². The first-order valence-electron chi connectivity index (χ1n) is 13.6. The lowest BCUT2D eigenvalue weighted by Gasteiger charge is -2.37. The van der Waals surface area contributed by atoms with Crippen molar-refractivity contribution in [2.45, 2.75) is 44.7 Å². The summed E-state index contributed by atoms with van der Waals surface area (Å²) in [6.07, 6.45) is -0.375. The van der Waals surface area contributed by atoms with Gasteiger partial charge in [-0.05, 0) is 33.9 Å². The van der Waals surface area contributed by atoms with Gasteiger partial charge in [-0.3, -0.25) is 4.79 Å². The molecule has 5 rings (SSSR count). The molecule has 1 aliphatic rings. The van der Waals surface area contributed by atoms with Crippen LogP contribution in [0.2, 0.25) is 0 Å². The molecular weight excluding hydrogens is 500 g/mol. The van der Waals surface area contributed by atoms with Crippen LogP contribution in [-0.2, 0) is 50.2 Å². The van der Waals surface area contributed by atoms with Crippen LogP contribution in [0.25, 0.3) is 0 Å². The Morgan fingerprint density at radius 1 is 0.450 bits per heavy atom. The van der Waals surface area contributed by atoms with Gasteiger partial charge in [0.15, 0.2) is 5.78 Å². The lowest BCUT2D eigenvalue weighted by molar-refractivity contribution is -0.163. The summed E-state index contributed by atoms with van der Waals surface area (Å²) in [5.74, 6) is -0.146. The summed E-state index contributed by atoms with van der Waals surface area (Å²) in [5.41, 5.74) is 4.84. The first kappa shape index (κ1) is 27.7. The standard InChI is InChI=1S/C35H34O5/c36-32-21-31(26-37-22-27-13-5-1-6-14-27)33(38-23-28-15-7-2-8-16-28)35(40-25-30-19-11-4-12-20-30)34(32)39-24-29-17-9-3-10-18-29/h1-21,33-35H,22-26H2. The summed E-state index contributed by atoms with van der Waals surface area (Å²) in [7, 11) is 0. The molecule has 5 nitrogen and oxygen atoms in total. The highest BCUT2D eigenvalue weighted by molar-refractivity contribution is 5.96. The van der Waals surface area contributed by atoms with Gasteiger partial charge in [-0.1, -0.05) is 121 Å². The molecule has 40 heavy (non-hydrogen) atoms. The Morgan fingerprint density at radius 2 is 0.850 bits per heavy atom. The van der Waals surface area contributed by atoms with Crippen molar-refractivity contribution in [1.82, 2.24) is 0 Å². The van der Waals surface area contributed by atoms with Crippen LogP contribution in [0.1, 0.15) is 22.3 Å². The molecule has 204 valence electrons. The summed E-state index contributed by atoms with van der Waals surface area (Å²) in [4.78, 5) is 13.5. The predicted molar refractivity (Wildman–Crippen MR) is 154 cm³/mol. The van der Waals surface area contributed by atoms with Gasteiger partial charge in [-0.15, -0.1) is 0 Å². The smallest absolute Gasteiger partial charge is 0.187 e. The van der Waals surface area contributed by atoms with E-state index in [0.717, 1.165) is 27.8 Å². The van der Waals surface area contributed by atoms with Crippen LogP contribution in [0.15, 0.2) is 133 Å². The number of benzene rings is 4. The fourth-order valence-corrected chi connectivity index (χ4v) is 4.70. The van der Waals surface area contributed by atoms with Crippen molar-refractivity contribution in [1.29, 1.82) is 0 Å². The molecule has 0 aliphatic heterocycles. The fraction of sp³-hybridized carbons (Fsp3) is 0.229. The Balaban J connectivity index is 1.39. The van der Waals surface area contributed by atoms with E-state index in [2.05, 4.69) is 0 Å². The van der Waals surface area contributed by atoms with E-state index >= 15 is 0 Å². The van der Waals surface area contributed by atoms with Crippen LogP contribution < -0.4 is 0 Å². The minimum atomic E-state index is -0.817. The highest BCUT2D eigenvalue weighted by Crippen LogP contribution is 2.28. The van der Waals surface area contributed by atoms with Gasteiger partial charge in [-0.2, -0.15) is 0 Å². The van der Waals surface area contributed by atoms with Gasteiger partial charge in [-0.25, -0.2) is 0 Å². The Kier molecular flexibility index (Phi) is 10.0. The number of ketones is 1. The quantitative estimate of drug-likeness (QED) is 0.197. The summed E-state index contributed by atoms with van der Waals surface area (Å²) < 4.78 is 25.3. The predicted octanol–water partition coefficient (Wildman–Crippen LogP) is 6.47. The van der Waals surface area contributed by atoms with Crippen molar-refractivity contribution in [2.75, 3.05) is 6.61 Å². The number of carbonyl (C=O) groups is 1. The van der Waals surface area contributed by atoms with E-state index in [1.54, 1.807) is 6.08 Å². The topological polar surface area (TPSA) is 54.0 Å². The highest BCUT2D eigenvalue weighted by Gasteiger charge is 2.42. The maximum atomic E-state index is 13.5. The van der Waals surface area contributed by atoms with Crippen LogP contribution in [0, 0.1) is 0 Å². The molecule has 0 saturated heterocycles. The molecule has 3 unspecified atom stereocenters. The second kappa shape index (κ2) is 14.5. The van der Waals surface area contributed by atoms with Crippen molar-refractivity contribution in [2.24, 2.45) is 0 Å². The molecule has 0 radical (unpaired) electrons. The van der Waals surface area contributed by atoms with Crippen LogP contribution in [-0.4, -0.2) is 30.7 Å². The van der Waals surface area contributed by atoms with E-state index < -0.39 is 18.3 Å². The number of ether oxygens (including phenoxy) is 4. The molecule has 0 fully saturated rings. The van der Waals surface area contributed by atoms with Crippen LogP contribution in [0.4, 0.5) is 0 Å². The Hall–Kier alpha value is -3.87. The molecule has 0 saturated carbocycles. The van der Waals surface area contributed by atoms with Gasteiger partial charge < -0.3 is 18.9 Å². The Bertz CT molecular complexity index is 1340. The molecule has 0 N–H and O–H groups in total. The molecule has 4 aromatic carbocycles. The zero-order valence-corrected chi connectivity index (χ0v) is 22.4. The molecule has 3 atom stereocenters. The molecule has 0 aromatic heterocycles. The van der Waals surface area contributed by atoms with Gasteiger partial charge in [0.2, 0.25) is 0 Å². The average molecular weight is 535 g/mol.